The van der Waals surface area contributed by atoms with Gasteiger partial charge < -0.3 is 19.9 Å². The first-order chi connectivity index (χ1) is 17.6. The Morgan fingerprint density at radius 1 is 1.22 bits per heavy atom. The number of hydrogen-bond donors (Lipinski definition) is 2. The lowest BCUT2D eigenvalue weighted by Gasteiger charge is -2.42. The van der Waals surface area contributed by atoms with E-state index in [9.17, 15) is 9.59 Å². The summed E-state index contributed by atoms with van der Waals surface area (Å²) in [6.45, 7) is 1.41. The van der Waals surface area contributed by atoms with Crippen LogP contribution in [0.2, 0.25) is 0 Å². The lowest BCUT2D eigenvalue weighted by molar-refractivity contribution is -0.107. The van der Waals surface area contributed by atoms with Gasteiger partial charge in [-0.2, -0.15) is 0 Å². The molecule has 1 aliphatic heterocycles. The van der Waals surface area contributed by atoms with Gasteiger partial charge in [0.2, 0.25) is 12.3 Å². The van der Waals surface area contributed by atoms with E-state index in [1.165, 1.54) is 5.57 Å². The first-order valence-electron chi connectivity index (χ1n) is 12.6. The van der Waals surface area contributed by atoms with Crippen LogP contribution in [0.15, 0.2) is 42.7 Å². The molecule has 0 spiro atoms. The molecule has 186 valence electrons. The highest BCUT2D eigenvalue weighted by Crippen LogP contribution is 2.36. The van der Waals surface area contributed by atoms with Crippen LogP contribution in [-0.4, -0.2) is 70.5 Å². The first kappa shape index (κ1) is 22.7. The molecule has 9 nitrogen and oxygen atoms in total. The van der Waals surface area contributed by atoms with Crippen molar-refractivity contribution in [2.75, 3.05) is 25.1 Å². The summed E-state index contributed by atoms with van der Waals surface area (Å²) >= 11 is 0. The fraction of sp³-hybridized carbons (Fsp3) is 0.407. The summed E-state index contributed by atoms with van der Waals surface area (Å²) in [4.78, 5) is 40.1. The SMILES string of the molecule is COc1cc(C(=O)N2CC(NC3CC=C(c4cc(N(C=O)C5CC5)nc5[nH]ccc45)CC3)C2)ccn1. The minimum absolute atomic E-state index is 0.0131. The number of nitrogens with one attached hydrogen (secondary N) is 2. The molecule has 1 saturated heterocycles. The second-order valence-corrected chi connectivity index (χ2v) is 9.87. The molecule has 3 aromatic rings. The monoisotopic (exact) mass is 486 g/mol. The zero-order valence-corrected chi connectivity index (χ0v) is 20.3. The van der Waals surface area contributed by atoms with Crippen molar-refractivity contribution in [1.29, 1.82) is 0 Å². The number of methoxy groups -OCH3 is 1. The Balaban J connectivity index is 1.09. The van der Waals surface area contributed by atoms with E-state index in [1.807, 2.05) is 11.1 Å². The summed E-state index contributed by atoms with van der Waals surface area (Å²) in [6, 6.07) is 8.52. The van der Waals surface area contributed by atoms with Crippen LogP contribution in [0.3, 0.4) is 0 Å². The van der Waals surface area contributed by atoms with Crippen molar-refractivity contribution < 1.29 is 14.3 Å². The second kappa shape index (κ2) is 9.39. The average molecular weight is 487 g/mol. The van der Waals surface area contributed by atoms with Crippen molar-refractivity contribution in [2.24, 2.45) is 0 Å². The highest BCUT2D eigenvalue weighted by Gasteiger charge is 2.34. The molecule has 2 N–H and O–H groups in total. The lowest BCUT2D eigenvalue weighted by atomic mass is 9.89. The standard InChI is InChI=1S/C27H30N6O3/c1-36-25-12-18(8-10-28-25)27(35)32-14-20(15-32)30-19-4-2-17(3-5-19)23-13-24(33(16-34)21-6-7-21)31-26-22(23)9-11-29-26/h2,8-13,16,19-21,30H,3-7,14-15H2,1H3,(H,29,31). The largest absolute Gasteiger partial charge is 0.481 e. The number of carbonyl (C=O) groups is 2. The molecular formula is C27H30N6O3. The van der Waals surface area contributed by atoms with Crippen LogP contribution < -0.4 is 15.0 Å². The van der Waals surface area contributed by atoms with Gasteiger partial charge in [0.1, 0.15) is 11.5 Å². The van der Waals surface area contributed by atoms with Gasteiger partial charge in [0.25, 0.3) is 5.91 Å². The number of likely N-dealkylation sites (tertiary alicyclic amines) is 1. The summed E-state index contributed by atoms with van der Waals surface area (Å²) in [7, 11) is 1.55. The van der Waals surface area contributed by atoms with Crippen LogP contribution in [0.4, 0.5) is 5.82 Å². The van der Waals surface area contributed by atoms with Crippen molar-refractivity contribution in [2.45, 2.75) is 50.2 Å². The molecule has 2 amide bonds. The molecule has 3 aromatic heterocycles. The first-order valence-corrected chi connectivity index (χ1v) is 12.6. The summed E-state index contributed by atoms with van der Waals surface area (Å²) < 4.78 is 5.13. The van der Waals surface area contributed by atoms with Gasteiger partial charge in [0.05, 0.1) is 7.11 Å². The molecule has 3 aliphatic rings. The van der Waals surface area contributed by atoms with Crippen molar-refractivity contribution in [3.05, 3.63) is 53.9 Å². The maximum Gasteiger partial charge on any atom is 0.254 e. The number of amides is 2. The highest BCUT2D eigenvalue weighted by atomic mass is 16.5. The van der Waals surface area contributed by atoms with Crippen molar-refractivity contribution in [1.82, 2.24) is 25.2 Å². The molecule has 1 saturated carbocycles. The van der Waals surface area contributed by atoms with Gasteiger partial charge in [0, 0.05) is 60.6 Å². The lowest BCUT2D eigenvalue weighted by Crippen LogP contribution is -2.61. The van der Waals surface area contributed by atoms with Gasteiger partial charge >= 0.3 is 0 Å². The molecule has 2 fully saturated rings. The van der Waals surface area contributed by atoms with Gasteiger partial charge in [-0.3, -0.25) is 14.5 Å². The van der Waals surface area contributed by atoms with Crippen LogP contribution in [-0.2, 0) is 4.79 Å². The zero-order valence-electron chi connectivity index (χ0n) is 20.3. The number of carbonyl (C=O) groups excluding carboxylic acids is 2. The summed E-state index contributed by atoms with van der Waals surface area (Å²) in [5, 5.41) is 4.83. The molecule has 1 atom stereocenters. The van der Waals surface area contributed by atoms with E-state index in [4.69, 9.17) is 9.72 Å². The molecule has 0 bridgehead atoms. The number of rotatable bonds is 8. The number of ether oxygens (including phenoxy) is 1. The Kier molecular flexibility index (Phi) is 5.92. The number of aromatic nitrogens is 3. The summed E-state index contributed by atoms with van der Waals surface area (Å²) in [5.74, 6) is 1.19. The van der Waals surface area contributed by atoms with Crippen LogP contribution in [0.5, 0.6) is 5.88 Å². The Morgan fingerprint density at radius 2 is 2.08 bits per heavy atom. The molecule has 1 unspecified atom stereocenters. The molecule has 0 aromatic carbocycles. The molecule has 2 aliphatic carbocycles. The van der Waals surface area contributed by atoms with Crippen LogP contribution >= 0.6 is 0 Å². The predicted octanol–water partition coefficient (Wildman–Crippen LogP) is 3.14. The quantitative estimate of drug-likeness (QED) is 0.474. The maximum absolute atomic E-state index is 12.7. The van der Waals surface area contributed by atoms with E-state index < -0.39 is 0 Å². The molecule has 4 heterocycles. The highest BCUT2D eigenvalue weighted by molar-refractivity contribution is 5.95. The van der Waals surface area contributed by atoms with Gasteiger partial charge in [-0.05, 0) is 61.4 Å². The van der Waals surface area contributed by atoms with E-state index in [1.54, 1.807) is 30.3 Å². The van der Waals surface area contributed by atoms with E-state index in [2.05, 4.69) is 33.5 Å². The van der Waals surface area contributed by atoms with Crippen molar-refractivity contribution in [3.8, 4) is 5.88 Å². The number of hydrogen-bond acceptors (Lipinski definition) is 6. The normalized spacial score (nSPS) is 20.1. The van der Waals surface area contributed by atoms with Crippen molar-refractivity contribution in [3.63, 3.8) is 0 Å². The third kappa shape index (κ3) is 4.35. The number of aromatic amines is 1. The maximum atomic E-state index is 12.7. The topological polar surface area (TPSA) is 103 Å². The Morgan fingerprint density at radius 3 is 2.81 bits per heavy atom. The average Bonchev–Trinajstić information content (AvgIpc) is 3.61. The number of anilines is 1. The van der Waals surface area contributed by atoms with Crippen molar-refractivity contribution >= 4 is 34.7 Å². The van der Waals surface area contributed by atoms with E-state index in [0.717, 1.165) is 60.9 Å². The van der Waals surface area contributed by atoms with Crippen LogP contribution in [0.25, 0.3) is 16.6 Å². The third-order valence-electron chi connectivity index (χ3n) is 7.42. The molecule has 6 rings (SSSR count). The Hall–Kier alpha value is -3.72. The molecule has 36 heavy (non-hydrogen) atoms. The van der Waals surface area contributed by atoms with Gasteiger partial charge in [0.15, 0.2) is 0 Å². The summed E-state index contributed by atoms with van der Waals surface area (Å²) in [5.41, 5.74) is 3.89. The second-order valence-electron chi connectivity index (χ2n) is 9.87. The Labute approximate surface area is 209 Å². The van der Waals surface area contributed by atoms with Crippen LogP contribution in [0, 0.1) is 0 Å². The minimum atomic E-state index is 0.0131. The zero-order chi connectivity index (χ0) is 24.6. The van der Waals surface area contributed by atoms with E-state index >= 15 is 0 Å². The number of fused-ring (bicyclic) bond motifs is 1. The van der Waals surface area contributed by atoms with Crippen LogP contribution in [0.1, 0.15) is 48.0 Å². The molecule has 0 radical (unpaired) electrons. The summed E-state index contributed by atoms with van der Waals surface area (Å²) in [6.07, 6.45) is 11.7. The van der Waals surface area contributed by atoms with E-state index in [0.29, 0.717) is 36.6 Å². The number of H-pyrrole nitrogens is 1. The van der Waals surface area contributed by atoms with Gasteiger partial charge in [-0.25, -0.2) is 9.97 Å². The predicted molar refractivity (Wildman–Crippen MR) is 137 cm³/mol. The molecule has 9 heteroatoms. The minimum Gasteiger partial charge on any atom is -0.481 e. The van der Waals surface area contributed by atoms with E-state index in [-0.39, 0.29) is 11.9 Å². The fourth-order valence-electron chi connectivity index (χ4n) is 5.25. The Bertz CT molecular complexity index is 1320. The smallest absolute Gasteiger partial charge is 0.254 e. The van der Waals surface area contributed by atoms with Gasteiger partial charge in [-0.1, -0.05) is 6.08 Å². The molecular weight excluding hydrogens is 456 g/mol. The fourth-order valence-corrected chi connectivity index (χ4v) is 5.25. The number of allylic oxidation sites excluding steroid dienone is 1. The van der Waals surface area contributed by atoms with Gasteiger partial charge in [-0.15, -0.1) is 0 Å². The number of nitrogens with zero attached hydrogens (tertiary/aromatic N) is 4. The number of pyridine rings is 2. The third-order valence-corrected chi connectivity index (χ3v) is 7.42.